The number of hydrogen-bond donors (Lipinski definition) is 3. The molecule has 8 heteroatoms. The smallest absolute Gasteiger partial charge is 0.293 e. The molecule has 0 saturated carbocycles. The van der Waals surface area contributed by atoms with Crippen molar-refractivity contribution in [1.29, 1.82) is 0 Å². The van der Waals surface area contributed by atoms with Gasteiger partial charge in [-0.1, -0.05) is 23.2 Å². The third-order valence-electron chi connectivity index (χ3n) is 2.25. The fourth-order valence-electron chi connectivity index (χ4n) is 1.37. The second kappa shape index (κ2) is 6.13. The number of aromatic hydroxyl groups is 1. The van der Waals surface area contributed by atoms with Crippen LogP contribution in [0.15, 0.2) is 34.9 Å². The largest absolute Gasteiger partial charge is 0.505 e. The van der Waals surface area contributed by atoms with Crippen molar-refractivity contribution in [2.24, 2.45) is 0 Å². The Kier molecular flexibility index (Phi) is 4.49. The van der Waals surface area contributed by atoms with E-state index in [2.05, 4.69) is 10.6 Å². The lowest BCUT2D eigenvalue weighted by molar-refractivity contribution is 0.0950. The van der Waals surface area contributed by atoms with E-state index in [1.54, 1.807) is 6.07 Å². The van der Waals surface area contributed by atoms with E-state index in [0.717, 1.165) is 0 Å². The van der Waals surface area contributed by atoms with Crippen molar-refractivity contribution in [1.82, 2.24) is 5.32 Å². The van der Waals surface area contributed by atoms with Gasteiger partial charge in [0.2, 0.25) is 0 Å². The highest BCUT2D eigenvalue weighted by Gasteiger charge is 2.12. The average Bonchev–Trinajstić information content (AvgIpc) is 2.89. The van der Waals surface area contributed by atoms with Crippen LogP contribution in [0.1, 0.15) is 10.6 Å². The minimum atomic E-state index is -0.483. The van der Waals surface area contributed by atoms with Crippen molar-refractivity contribution in [3.63, 3.8) is 0 Å². The van der Waals surface area contributed by atoms with Gasteiger partial charge in [0.1, 0.15) is 0 Å². The van der Waals surface area contributed by atoms with Gasteiger partial charge >= 0.3 is 0 Å². The van der Waals surface area contributed by atoms with Crippen LogP contribution in [-0.4, -0.2) is 16.1 Å². The number of nitrogens with one attached hydrogen (secondary N) is 2. The Morgan fingerprint density at radius 3 is 2.50 bits per heavy atom. The molecule has 0 radical (unpaired) electrons. The zero-order valence-electron chi connectivity index (χ0n) is 9.81. The van der Waals surface area contributed by atoms with Gasteiger partial charge in [-0.3, -0.25) is 10.1 Å². The van der Waals surface area contributed by atoms with Gasteiger partial charge in [-0.2, -0.15) is 0 Å². The van der Waals surface area contributed by atoms with Gasteiger partial charge in [0, 0.05) is 5.69 Å². The number of carbonyl (C=O) groups is 1. The third-order valence-corrected chi connectivity index (χ3v) is 3.03. The van der Waals surface area contributed by atoms with Crippen molar-refractivity contribution < 1.29 is 14.3 Å². The molecule has 0 saturated heterocycles. The van der Waals surface area contributed by atoms with Crippen molar-refractivity contribution in [2.45, 2.75) is 0 Å². The molecule has 2 aromatic rings. The molecule has 0 fully saturated rings. The maximum Gasteiger partial charge on any atom is 0.293 e. The van der Waals surface area contributed by atoms with Crippen LogP contribution in [0.4, 0.5) is 5.69 Å². The fraction of sp³-hybridized carbons (Fsp3) is 0. The second-order valence-electron chi connectivity index (χ2n) is 3.67. The summed E-state index contributed by atoms with van der Waals surface area (Å²) >= 11 is 16.5. The SMILES string of the molecule is O=C(NC(=S)Nc1cc(Cl)c(O)c(Cl)c1)c1ccco1. The summed E-state index contributed by atoms with van der Waals surface area (Å²) in [6, 6.07) is 5.94. The molecule has 0 aliphatic rings. The molecule has 0 aliphatic carbocycles. The Morgan fingerprint density at radius 2 is 1.95 bits per heavy atom. The van der Waals surface area contributed by atoms with Gasteiger partial charge in [0.15, 0.2) is 16.6 Å². The van der Waals surface area contributed by atoms with Gasteiger partial charge in [-0.25, -0.2) is 0 Å². The number of hydrogen-bond acceptors (Lipinski definition) is 4. The molecule has 0 aliphatic heterocycles. The van der Waals surface area contributed by atoms with Crippen LogP contribution < -0.4 is 10.6 Å². The van der Waals surface area contributed by atoms with Gasteiger partial charge in [0.05, 0.1) is 16.3 Å². The van der Waals surface area contributed by atoms with Crippen LogP contribution in [0.2, 0.25) is 10.0 Å². The summed E-state index contributed by atoms with van der Waals surface area (Å²) in [7, 11) is 0. The maximum atomic E-state index is 11.7. The van der Waals surface area contributed by atoms with E-state index in [9.17, 15) is 9.90 Å². The predicted molar refractivity (Wildman–Crippen MR) is 80.5 cm³/mol. The molecule has 5 nitrogen and oxygen atoms in total. The first kappa shape index (κ1) is 14.6. The molecule has 104 valence electrons. The Balaban J connectivity index is 2.03. The Morgan fingerprint density at radius 1 is 1.30 bits per heavy atom. The standard InChI is InChI=1S/C12H8Cl2N2O3S/c13-7-4-6(5-8(14)10(7)17)15-12(20)16-11(18)9-2-1-3-19-9/h1-5,17H,(H2,15,16,18,20). The van der Waals surface area contributed by atoms with Gasteiger partial charge < -0.3 is 14.8 Å². The van der Waals surface area contributed by atoms with Crippen LogP contribution in [-0.2, 0) is 0 Å². The number of halogens is 2. The first-order valence-electron chi connectivity index (χ1n) is 5.31. The number of phenolic OH excluding ortho intramolecular Hbond substituents is 1. The number of furan rings is 1. The van der Waals surface area contributed by atoms with E-state index in [1.165, 1.54) is 24.5 Å². The van der Waals surface area contributed by atoms with Crippen LogP contribution in [0.5, 0.6) is 5.75 Å². The van der Waals surface area contributed by atoms with E-state index < -0.39 is 5.91 Å². The molecule has 0 spiro atoms. The summed E-state index contributed by atoms with van der Waals surface area (Å²) < 4.78 is 4.93. The minimum Gasteiger partial charge on any atom is -0.505 e. The summed E-state index contributed by atoms with van der Waals surface area (Å²) in [5.41, 5.74) is 0.433. The normalized spacial score (nSPS) is 10.1. The van der Waals surface area contributed by atoms with Crippen LogP contribution >= 0.6 is 35.4 Å². The van der Waals surface area contributed by atoms with E-state index in [0.29, 0.717) is 5.69 Å². The molecular formula is C12H8Cl2N2O3S. The number of rotatable bonds is 2. The highest BCUT2D eigenvalue weighted by molar-refractivity contribution is 7.80. The lowest BCUT2D eigenvalue weighted by Gasteiger charge is -2.10. The lowest BCUT2D eigenvalue weighted by Crippen LogP contribution is -2.33. The Hall–Kier alpha value is -1.76. The van der Waals surface area contributed by atoms with Gasteiger partial charge in [-0.15, -0.1) is 0 Å². The highest BCUT2D eigenvalue weighted by atomic mass is 35.5. The number of amides is 1. The van der Waals surface area contributed by atoms with E-state index in [4.69, 9.17) is 39.8 Å². The molecule has 1 amide bonds. The Labute approximate surface area is 129 Å². The van der Waals surface area contributed by atoms with Crippen molar-refractivity contribution in [3.05, 3.63) is 46.3 Å². The summed E-state index contributed by atoms with van der Waals surface area (Å²) in [5, 5.41) is 14.8. The number of phenols is 1. The summed E-state index contributed by atoms with van der Waals surface area (Å²) in [6.07, 6.45) is 1.38. The van der Waals surface area contributed by atoms with Gasteiger partial charge in [-0.05, 0) is 36.5 Å². The maximum absolute atomic E-state index is 11.7. The molecule has 20 heavy (non-hydrogen) atoms. The van der Waals surface area contributed by atoms with Gasteiger partial charge in [0.25, 0.3) is 5.91 Å². The van der Waals surface area contributed by atoms with Crippen LogP contribution in [0.25, 0.3) is 0 Å². The van der Waals surface area contributed by atoms with E-state index in [1.807, 2.05) is 0 Å². The molecule has 0 bridgehead atoms. The first-order valence-corrected chi connectivity index (χ1v) is 6.47. The second-order valence-corrected chi connectivity index (χ2v) is 4.90. The van der Waals surface area contributed by atoms with Crippen molar-refractivity contribution >= 4 is 52.1 Å². The summed E-state index contributed by atoms with van der Waals surface area (Å²) in [4.78, 5) is 11.7. The summed E-state index contributed by atoms with van der Waals surface area (Å²) in [5.74, 6) is -0.566. The van der Waals surface area contributed by atoms with Crippen molar-refractivity contribution in [2.75, 3.05) is 5.32 Å². The molecule has 0 unspecified atom stereocenters. The molecular weight excluding hydrogens is 323 g/mol. The quantitative estimate of drug-likeness (QED) is 0.581. The molecule has 1 aromatic carbocycles. The molecule has 1 aromatic heterocycles. The topological polar surface area (TPSA) is 74.5 Å². The zero-order valence-corrected chi connectivity index (χ0v) is 12.1. The van der Waals surface area contributed by atoms with Crippen LogP contribution in [0, 0.1) is 0 Å². The zero-order chi connectivity index (χ0) is 14.7. The summed E-state index contributed by atoms with van der Waals surface area (Å²) in [6.45, 7) is 0. The number of anilines is 1. The molecule has 0 atom stereocenters. The number of thiocarbonyl (C=S) groups is 1. The minimum absolute atomic E-state index is 0.0456. The highest BCUT2D eigenvalue weighted by Crippen LogP contribution is 2.34. The number of carbonyl (C=O) groups excluding carboxylic acids is 1. The first-order chi connectivity index (χ1) is 9.47. The van der Waals surface area contributed by atoms with Crippen molar-refractivity contribution in [3.8, 4) is 5.75 Å². The molecule has 3 N–H and O–H groups in total. The molecule has 1 heterocycles. The Bertz CT molecular complexity index is 636. The third kappa shape index (κ3) is 3.41. The predicted octanol–water partition coefficient (Wildman–Crippen LogP) is 3.42. The van der Waals surface area contributed by atoms with E-state index >= 15 is 0 Å². The lowest BCUT2D eigenvalue weighted by atomic mass is 10.3. The molecule has 2 rings (SSSR count). The average molecular weight is 331 g/mol. The van der Waals surface area contributed by atoms with Crippen LogP contribution in [0.3, 0.4) is 0 Å². The fourth-order valence-corrected chi connectivity index (χ4v) is 2.07. The number of benzene rings is 1. The van der Waals surface area contributed by atoms with E-state index in [-0.39, 0.29) is 26.7 Å². The monoisotopic (exact) mass is 330 g/mol.